The van der Waals surface area contributed by atoms with E-state index in [1.807, 2.05) is 0 Å². The Balaban J connectivity index is 1.63. The number of carbonyl (C=O) groups excluding carboxylic acids is 8. The molecule has 0 bridgehead atoms. The number of rotatable bonds is 85. The van der Waals surface area contributed by atoms with Gasteiger partial charge in [0.05, 0.1) is 203 Å². The summed E-state index contributed by atoms with van der Waals surface area (Å²) in [5.41, 5.74) is 6.56. The molecular formula is C82H148N10O36. The SMILES string of the molecule is COCc1ccc(NC(=O)[C@H](CCCNC(N)=O)NC(=O)[C@@H](NC(=O)[C@H](CCCCNC(=O)CCOCCOCCOCCOCCOCCOCCN(CCOCCOCCOCCOCCOCCOCCN(C[C@H](O)[C@@H](O)[C@H](O)[C@H](O)CO)C[C@H](O)[C@@H](O)[C@H](O)[C@H](O)CO)C[C@H](O)[C@@H](O)[C@H](O)[C@H](O)CO)NC(=O)CCCCCN2C(=O)C=CC2=O)C(C)C)cc1. The summed E-state index contributed by atoms with van der Waals surface area (Å²) in [6.07, 6.45) is -16.2. The van der Waals surface area contributed by atoms with Crippen molar-refractivity contribution < 1.29 is 177 Å². The predicted octanol–water partition coefficient (Wildman–Crippen LogP) is -8.40. The second-order valence-corrected chi connectivity index (χ2v) is 30.3. The van der Waals surface area contributed by atoms with E-state index in [-0.39, 0.29) is 216 Å². The zero-order valence-corrected chi connectivity index (χ0v) is 74.1. The van der Waals surface area contributed by atoms with Crippen LogP contribution in [0.4, 0.5) is 10.5 Å². The molecule has 1 aliphatic rings. The van der Waals surface area contributed by atoms with Crippen molar-refractivity contribution in [2.24, 2.45) is 11.7 Å². The molecule has 15 atom stereocenters. The van der Waals surface area contributed by atoms with E-state index in [2.05, 4.69) is 31.9 Å². The van der Waals surface area contributed by atoms with Crippen molar-refractivity contribution in [1.29, 1.82) is 0 Å². The quantitative estimate of drug-likeness (QED) is 0.0213. The Hall–Kier alpha value is -6.48. The Labute approximate surface area is 747 Å². The van der Waals surface area contributed by atoms with Gasteiger partial charge in [-0.3, -0.25) is 48.3 Å². The lowest BCUT2D eigenvalue weighted by atomic mass is 10.0. The van der Waals surface area contributed by atoms with Crippen molar-refractivity contribution in [2.45, 2.75) is 176 Å². The van der Waals surface area contributed by atoms with E-state index in [0.717, 1.165) is 10.5 Å². The van der Waals surface area contributed by atoms with E-state index in [1.54, 1.807) is 50.1 Å². The summed E-state index contributed by atoms with van der Waals surface area (Å²) in [6, 6.07) is 2.81. The summed E-state index contributed by atoms with van der Waals surface area (Å²) in [7, 11) is 1.56. The summed E-state index contributed by atoms with van der Waals surface area (Å²) >= 11 is 0. The van der Waals surface area contributed by atoms with Gasteiger partial charge < -0.3 is 176 Å². The molecule has 0 saturated heterocycles. The number of anilines is 1. The molecule has 0 spiro atoms. The number of imide groups is 1. The van der Waals surface area contributed by atoms with Crippen LogP contribution in [0.3, 0.4) is 0 Å². The van der Waals surface area contributed by atoms with Gasteiger partial charge in [0.1, 0.15) is 73.1 Å². The molecule has 1 aromatic rings. The van der Waals surface area contributed by atoms with Crippen LogP contribution in [0, 0.1) is 5.92 Å². The van der Waals surface area contributed by atoms with Gasteiger partial charge in [0, 0.05) is 96.7 Å². The summed E-state index contributed by atoms with van der Waals surface area (Å²) in [6.45, 7) is 6.80. The average molecular weight is 1850 g/mol. The topological polar surface area (TPSA) is 668 Å². The van der Waals surface area contributed by atoms with E-state index >= 15 is 0 Å². The van der Waals surface area contributed by atoms with Crippen molar-refractivity contribution in [3.63, 3.8) is 0 Å². The van der Waals surface area contributed by atoms with Crippen molar-refractivity contribution >= 4 is 53.1 Å². The number of primary amides is 1. The number of hydrogen-bond donors (Lipinski definition) is 22. The molecule has 46 nitrogen and oxygen atoms in total. The molecule has 0 unspecified atom stereocenters. The van der Waals surface area contributed by atoms with Crippen molar-refractivity contribution in [3.05, 3.63) is 42.0 Å². The number of nitrogens with zero attached hydrogens (tertiary/aromatic N) is 3. The van der Waals surface area contributed by atoms with E-state index in [1.165, 1.54) is 17.1 Å². The minimum atomic E-state index is -1.92. The molecular weight excluding hydrogens is 1700 g/mol. The Bertz CT molecular complexity index is 3050. The fraction of sp³-hybridized carbons (Fsp3) is 0.805. The first kappa shape index (κ1) is 118. The van der Waals surface area contributed by atoms with Crippen LogP contribution in [0.25, 0.3) is 0 Å². The van der Waals surface area contributed by atoms with Crippen LogP contribution in [0.5, 0.6) is 0 Å². The zero-order valence-electron chi connectivity index (χ0n) is 74.1. The molecule has 1 heterocycles. The molecule has 9 amide bonds. The van der Waals surface area contributed by atoms with Crippen LogP contribution in [0.15, 0.2) is 36.4 Å². The number of nitrogens with two attached hydrogens (primary N) is 1. The lowest BCUT2D eigenvalue weighted by molar-refractivity contribution is -0.137. The number of unbranched alkanes of at least 4 members (excludes halogenated alkanes) is 3. The van der Waals surface area contributed by atoms with Crippen molar-refractivity contribution in [2.75, 3.05) is 250 Å². The molecule has 0 fully saturated rings. The van der Waals surface area contributed by atoms with Crippen LogP contribution >= 0.6 is 0 Å². The normalized spacial score (nSPS) is 16.0. The molecule has 742 valence electrons. The van der Waals surface area contributed by atoms with Gasteiger partial charge in [-0.2, -0.15) is 0 Å². The van der Waals surface area contributed by atoms with Crippen LogP contribution in [-0.4, -0.2) is 474 Å². The summed E-state index contributed by atoms with van der Waals surface area (Å²) in [5, 5.41) is 166. The van der Waals surface area contributed by atoms with Crippen molar-refractivity contribution in [3.8, 4) is 0 Å². The predicted molar refractivity (Wildman–Crippen MR) is 455 cm³/mol. The molecule has 23 N–H and O–H groups in total. The number of urea groups is 1. The number of hydrogen-bond acceptors (Lipinski definition) is 38. The third-order valence-corrected chi connectivity index (χ3v) is 19.6. The first-order chi connectivity index (χ1) is 61.5. The lowest BCUT2D eigenvalue weighted by Gasteiger charge is -2.33. The first-order valence-electron chi connectivity index (χ1n) is 43.5. The Morgan fingerprint density at radius 3 is 1.16 bits per heavy atom. The minimum Gasteiger partial charge on any atom is -0.394 e. The maximum absolute atomic E-state index is 14.1. The molecule has 0 saturated carbocycles. The van der Waals surface area contributed by atoms with Gasteiger partial charge in [-0.1, -0.05) is 32.4 Å². The molecule has 2 rings (SSSR count). The average Bonchev–Trinajstić information content (AvgIpc) is 1.65. The molecule has 46 heteroatoms. The number of ether oxygens (including phenoxy) is 13. The molecule has 0 aromatic heterocycles. The van der Waals surface area contributed by atoms with Crippen molar-refractivity contribution in [1.82, 2.24) is 41.3 Å². The molecule has 128 heavy (non-hydrogen) atoms. The number of amides is 9. The molecule has 0 radical (unpaired) electrons. The van der Waals surface area contributed by atoms with Gasteiger partial charge in [-0.25, -0.2) is 4.79 Å². The van der Waals surface area contributed by atoms with E-state index < -0.39 is 172 Å². The molecule has 1 aromatic carbocycles. The van der Waals surface area contributed by atoms with E-state index in [9.17, 15) is 105 Å². The van der Waals surface area contributed by atoms with Gasteiger partial charge in [0.25, 0.3) is 11.8 Å². The van der Waals surface area contributed by atoms with Crippen LogP contribution in [0.2, 0.25) is 0 Å². The summed E-state index contributed by atoms with van der Waals surface area (Å²) in [5.74, 6) is -3.86. The number of methoxy groups -OCH3 is 1. The van der Waals surface area contributed by atoms with E-state index in [0.29, 0.717) is 70.8 Å². The maximum atomic E-state index is 14.1. The van der Waals surface area contributed by atoms with E-state index in [4.69, 9.17) is 77.5 Å². The Morgan fingerprint density at radius 1 is 0.391 bits per heavy atom. The number of aliphatic hydroxyl groups excluding tert-OH is 15. The van der Waals surface area contributed by atoms with Crippen LogP contribution in [0.1, 0.15) is 83.6 Å². The van der Waals surface area contributed by atoms with Gasteiger partial charge in [0.15, 0.2) is 0 Å². The van der Waals surface area contributed by atoms with Gasteiger partial charge in [0.2, 0.25) is 29.5 Å². The monoisotopic (exact) mass is 1850 g/mol. The maximum Gasteiger partial charge on any atom is 0.312 e. The van der Waals surface area contributed by atoms with Gasteiger partial charge in [-0.05, 0) is 68.6 Å². The molecule has 1 aliphatic heterocycles. The first-order valence-corrected chi connectivity index (χ1v) is 43.5. The number of nitrogens with one attached hydrogen (secondary N) is 6. The van der Waals surface area contributed by atoms with Crippen LogP contribution in [-0.2, 0) is 102 Å². The summed E-state index contributed by atoms with van der Waals surface area (Å²) in [4.78, 5) is 107. The second kappa shape index (κ2) is 74.0. The smallest absolute Gasteiger partial charge is 0.312 e. The third kappa shape index (κ3) is 55.1. The fourth-order valence-corrected chi connectivity index (χ4v) is 12.1. The fourth-order valence-electron chi connectivity index (χ4n) is 12.1. The highest BCUT2D eigenvalue weighted by Gasteiger charge is 2.37. The number of benzene rings is 1. The number of aliphatic hydroxyl groups is 15. The van der Waals surface area contributed by atoms with Gasteiger partial charge in [-0.15, -0.1) is 0 Å². The Kier molecular flexibility index (Phi) is 68.0. The Morgan fingerprint density at radius 2 is 0.758 bits per heavy atom. The molecule has 0 aliphatic carbocycles. The standard InChI is InChI=1S/C82H148N10O36/c1-57(2)72(81(114)88-61(11-9-21-85-82(83)115)79(112)86-59-15-13-58(14-16-59)56-116-3)89-80(113)60(87-69(103)12-5-4-8-22-92-70(104)17-18-71(92)105)10-6-7-20-84-68(102)19-26-117-30-34-121-38-42-125-46-47-126-43-39-122-35-31-118-27-23-90(50-62(96)73(106)76(109)65(99)53-93)24-28-119-32-36-123-40-44-127-48-49-128-45-41-124-37-33-120-29-25-91(51-63(97)74(107)77(110)66(100)54-94)52-64(98)75(108)78(111)67(101)55-95/h13-18,57,60-67,72-78,93-101,106-111H,4-12,19-56H2,1-3H3,(H,84,102)(H,86,112)(H,87,103)(H,88,114)(H,89,113)(H3,83,85,115)/t60-,61-,62-,63-,64-,65+,66+,67+,72-,73+,74+,75+,76+,77+,78+/m0/s1. The highest BCUT2D eigenvalue weighted by atomic mass is 16.6. The number of carbonyl (C=O) groups is 8. The highest BCUT2D eigenvalue weighted by Crippen LogP contribution is 2.17. The van der Waals surface area contributed by atoms with Crippen LogP contribution < -0.4 is 37.6 Å². The highest BCUT2D eigenvalue weighted by molar-refractivity contribution is 6.12. The summed E-state index contributed by atoms with van der Waals surface area (Å²) < 4.78 is 72.1. The minimum absolute atomic E-state index is 0.0138. The largest absolute Gasteiger partial charge is 0.394 e. The zero-order chi connectivity index (χ0) is 94.7. The second-order valence-electron chi connectivity index (χ2n) is 30.3. The van der Waals surface area contributed by atoms with Gasteiger partial charge >= 0.3 is 6.03 Å². The lowest BCUT2D eigenvalue weighted by Crippen LogP contribution is -2.57. The third-order valence-electron chi connectivity index (χ3n) is 19.6.